The molecule has 0 saturated heterocycles. The minimum absolute atomic E-state index is 0.0151. The maximum Gasteiger partial charge on any atom is 0.338 e. The first-order valence-corrected chi connectivity index (χ1v) is 10.8. The molecule has 0 spiro atoms. The fourth-order valence-corrected chi connectivity index (χ4v) is 3.13. The van der Waals surface area contributed by atoms with Crippen molar-refractivity contribution in [3.8, 4) is 0 Å². The second-order valence-corrected chi connectivity index (χ2v) is 7.95. The molecule has 0 bridgehead atoms. The SMILES string of the molecule is CCCCCCCCCCCCOC(=O)c1ccc(S(N)(=O)=O)cc1. The Labute approximate surface area is 152 Å². The van der Waals surface area contributed by atoms with Crippen LogP contribution in [0.3, 0.4) is 0 Å². The number of benzene rings is 1. The Bertz CT molecular complexity index is 596. The van der Waals surface area contributed by atoms with Crippen LogP contribution in [0.25, 0.3) is 0 Å². The molecule has 6 heteroatoms. The van der Waals surface area contributed by atoms with E-state index in [0.717, 1.165) is 12.8 Å². The smallest absolute Gasteiger partial charge is 0.338 e. The summed E-state index contributed by atoms with van der Waals surface area (Å²) in [4.78, 5) is 11.8. The Morgan fingerprint density at radius 2 is 1.36 bits per heavy atom. The molecule has 0 amide bonds. The first-order valence-electron chi connectivity index (χ1n) is 9.25. The van der Waals surface area contributed by atoms with Gasteiger partial charge in [-0.2, -0.15) is 0 Å². The van der Waals surface area contributed by atoms with Crippen LogP contribution < -0.4 is 5.14 Å². The number of nitrogens with two attached hydrogens (primary N) is 1. The summed E-state index contributed by atoms with van der Waals surface area (Å²) in [6.07, 6.45) is 12.3. The molecule has 1 rings (SSSR count). The molecular formula is C19H31NO4S. The highest BCUT2D eigenvalue weighted by atomic mass is 32.2. The monoisotopic (exact) mass is 369 g/mol. The molecule has 0 atom stereocenters. The van der Waals surface area contributed by atoms with E-state index in [1.807, 2.05) is 0 Å². The molecule has 25 heavy (non-hydrogen) atoms. The summed E-state index contributed by atoms with van der Waals surface area (Å²) < 4.78 is 27.5. The highest BCUT2D eigenvalue weighted by molar-refractivity contribution is 7.89. The molecule has 0 fully saturated rings. The molecule has 0 aliphatic heterocycles. The van der Waals surface area contributed by atoms with E-state index in [2.05, 4.69) is 6.92 Å². The van der Waals surface area contributed by atoms with Gasteiger partial charge in [0.1, 0.15) is 0 Å². The summed E-state index contributed by atoms with van der Waals surface area (Å²) in [6.45, 7) is 2.62. The van der Waals surface area contributed by atoms with Crippen LogP contribution in [-0.4, -0.2) is 21.0 Å². The lowest BCUT2D eigenvalue weighted by Gasteiger charge is -2.06. The minimum atomic E-state index is -3.74. The van der Waals surface area contributed by atoms with Gasteiger partial charge in [0.2, 0.25) is 10.0 Å². The van der Waals surface area contributed by atoms with Crippen molar-refractivity contribution in [2.75, 3.05) is 6.61 Å². The van der Waals surface area contributed by atoms with Crippen LogP contribution in [0.1, 0.15) is 81.5 Å². The van der Waals surface area contributed by atoms with E-state index in [4.69, 9.17) is 9.88 Å². The average molecular weight is 370 g/mol. The van der Waals surface area contributed by atoms with Crippen molar-refractivity contribution in [1.82, 2.24) is 0 Å². The predicted molar refractivity (Wildman–Crippen MR) is 99.9 cm³/mol. The standard InChI is InChI=1S/C19H31NO4S/c1-2-3-4-5-6-7-8-9-10-11-16-24-19(21)17-12-14-18(15-13-17)25(20,22)23/h12-15H,2-11,16H2,1H3,(H2,20,22,23). The topological polar surface area (TPSA) is 86.5 Å². The predicted octanol–water partition coefficient (Wildman–Crippen LogP) is 4.41. The number of unbranched alkanes of at least 4 members (excludes halogenated alkanes) is 9. The molecule has 0 radical (unpaired) electrons. The molecule has 142 valence electrons. The molecular weight excluding hydrogens is 338 g/mol. The third-order valence-electron chi connectivity index (χ3n) is 4.15. The molecule has 2 N–H and O–H groups in total. The van der Waals surface area contributed by atoms with Crippen LogP contribution >= 0.6 is 0 Å². The Morgan fingerprint density at radius 1 is 0.880 bits per heavy atom. The first-order chi connectivity index (χ1) is 11.9. The molecule has 0 unspecified atom stereocenters. The number of primary sulfonamides is 1. The quantitative estimate of drug-likeness (QED) is 0.412. The minimum Gasteiger partial charge on any atom is -0.462 e. The van der Waals surface area contributed by atoms with E-state index < -0.39 is 16.0 Å². The van der Waals surface area contributed by atoms with Crippen molar-refractivity contribution in [2.45, 2.75) is 76.0 Å². The maximum atomic E-state index is 11.9. The molecule has 0 heterocycles. The van der Waals surface area contributed by atoms with Crippen LogP contribution in [0.15, 0.2) is 29.2 Å². The Balaban J connectivity index is 2.09. The summed E-state index contributed by atoms with van der Waals surface area (Å²) in [7, 11) is -3.74. The van der Waals surface area contributed by atoms with Gasteiger partial charge < -0.3 is 4.74 Å². The summed E-state index contributed by atoms with van der Waals surface area (Å²) in [5, 5.41) is 5.02. The van der Waals surface area contributed by atoms with Crippen LogP contribution in [0.2, 0.25) is 0 Å². The Kier molecular flexibility index (Phi) is 10.4. The molecule has 0 aliphatic rings. The van der Waals surface area contributed by atoms with Gasteiger partial charge in [0.05, 0.1) is 17.1 Å². The van der Waals surface area contributed by atoms with E-state index >= 15 is 0 Å². The van der Waals surface area contributed by atoms with Crippen LogP contribution in [0.5, 0.6) is 0 Å². The van der Waals surface area contributed by atoms with Gasteiger partial charge in [0, 0.05) is 0 Å². The Hall–Kier alpha value is -1.40. The van der Waals surface area contributed by atoms with E-state index in [-0.39, 0.29) is 4.90 Å². The van der Waals surface area contributed by atoms with Gasteiger partial charge in [0.15, 0.2) is 0 Å². The van der Waals surface area contributed by atoms with Gasteiger partial charge in [0.25, 0.3) is 0 Å². The fourth-order valence-electron chi connectivity index (χ4n) is 2.62. The highest BCUT2D eigenvalue weighted by Gasteiger charge is 2.11. The second-order valence-electron chi connectivity index (χ2n) is 6.39. The third-order valence-corrected chi connectivity index (χ3v) is 5.08. The number of ether oxygens (including phenoxy) is 1. The summed E-state index contributed by atoms with van der Waals surface area (Å²) in [5.74, 6) is -0.433. The third kappa shape index (κ3) is 9.60. The maximum absolute atomic E-state index is 11.9. The number of carbonyl (C=O) groups excluding carboxylic acids is 1. The van der Waals surface area contributed by atoms with Crippen LogP contribution in [0.4, 0.5) is 0 Å². The van der Waals surface area contributed by atoms with Gasteiger partial charge in [-0.15, -0.1) is 0 Å². The second kappa shape index (κ2) is 12.0. The summed E-state index contributed by atoms with van der Waals surface area (Å²) >= 11 is 0. The van der Waals surface area contributed by atoms with Gasteiger partial charge >= 0.3 is 5.97 Å². The van der Waals surface area contributed by atoms with Gasteiger partial charge in [-0.25, -0.2) is 18.4 Å². The lowest BCUT2D eigenvalue weighted by Crippen LogP contribution is -2.12. The van der Waals surface area contributed by atoms with E-state index in [1.165, 1.54) is 75.6 Å². The Morgan fingerprint density at radius 3 is 1.84 bits per heavy atom. The van der Waals surface area contributed by atoms with Crippen molar-refractivity contribution in [3.05, 3.63) is 29.8 Å². The number of esters is 1. The first kappa shape index (κ1) is 21.6. The summed E-state index contributed by atoms with van der Waals surface area (Å²) in [6, 6.07) is 5.46. The van der Waals surface area contributed by atoms with Crippen molar-refractivity contribution in [1.29, 1.82) is 0 Å². The number of hydrogen-bond donors (Lipinski definition) is 1. The van der Waals surface area contributed by atoms with Crippen molar-refractivity contribution in [2.24, 2.45) is 5.14 Å². The van der Waals surface area contributed by atoms with Crippen molar-refractivity contribution < 1.29 is 17.9 Å². The molecule has 0 aromatic heterocycles. The molecule has 0 aliphatic carbocycles. The molecule has 1 aromatic rings. The summed E-state index contributed by atoms with van der Waals surface area (Å²) in [5.41, 5.74) is 0.333. The average Bonchev–Trinajstić information content (AvgIpc) is 2.59. The van der Waals surface area contributed by atoms with E-state index in [1.54, 1.807) is 0 Å². The highest BCUT2D eigenvalue weighted by Crippen LogP contribution is 2.12. The zero-order valence-electron chi connectivity index (χ0n) is 15.2. The zero-order chi connectivity index (χ0) is 18.5. The van der Waals surface area contributed by atoms with Gasteiger partial charge in [-0.1, -0.05) is 64.7 Å². The number of sulfonamides is 1. The van der Waals surface area contributed by atoms with E-state index in [0.29, 0.717) is 12.2 Å². The van der Waals surface area contributed by atoms with Crippen molar-refractivity contribution in [3.63, 3.8) is 0 Å². The number of carbonyl (C=O) groups is 1. The number of hydrogen-bond acceptors (Lipinski definition) is 4. The normalized spacial score (nSPS) is 11.4. The van der Waals surface area contributed by atoms with Gasteiger partial charge in [-0.3, -0.25) is 0 Å². The lowest BCUT2D eigenvalue weighted by atomic mass is 10.1. The molecule has 0 saturated carbocycles. The fraction of sp³-hybridized carbons (Fsp3) is 0.632. The zero-order valence-corrected chi connectivity index (χ0v) is 16.0. The largest absolute Gasteiger partial charge is 0.462 e. The van der Waals surface area contributed by atoms with Crippen molar-refractivity contribution >= 4 is 16.0 Å². The van der Waals surface area contributed by atoms with Crippen LogP contribution in [-0.2, 0) is 14.8 Å². The van der Waals surface area contributed by atoms with E-state index in [9.17, 15) is 13.2 Å². The molecule has 1 aromatic carbocycles. The number of rotatable bonds is 13. The lowest BCUT2D eigenvalue weighted by molar-refractivity contribution is 0.0497. The van der Waals surface area contributed by atoms with Gasteiger partial charge in [-0.05, 0) is 30.7 Å². The van der Waals surface area contributed by atoms with Crippen LogP contribution in [0, 0.1) is 0 Å². The molecule has 5 nitrogen and oxygen atoms in total.